The van der Waals surface area contributed by atoms with E-state index in [1.165, 1.54) is 0 Å². The lowest BCUT2D eigenvalue weighted by Crippen LogP contribution is -2.56. The first-order valence-electron chi connectivity index (χ1n) is 7.39. The summed E-state index contributed by atoms with van der Waals surface area (Å²) in [7, 11) is 0. The molecule has 0 bridgehead atoms. The molecule has 1 aliphatic heterocycles. The highest BCUT2D eigenvalue weighted by Gasteiger charge is 2.29. The van der Waals surface area contributed by atoms with Crippen LogP contribution in [0.2, 0.25) is 0 Å². The second-order valence-corrected chi connectivity index (χ2v) is 6.21. The number of ether oxygens (including phenoxy) is 1. The van der Waals surface area contributed by atoms with E-state index in [4.69, 9.17) is 4.74 Å². The lowest BCUT2D eigenvalue weighted by Gasteiger charge is -2.37. The monoisotopic (exact) mass is 301 g/mol. The third-order valence-electron chi connectivity index (χ3n) is 3.42. The molecule has 1 heterocycles. The van der Waals surface area contributed by atoms with Gasteiger partial charge in [0, 0.05) is 32.7 Å². The minimum atomic E-state index is -0.920. The number of nitrogens with one attached hydrogen (secondary N) is 1. The molecule has 0 aromatic carbocycles. The van der Waals surface area contributed by atoms with Gasteiger partial charge in [0.05, 0.1) is 0 Å². The molecule has 7 nitrogen and oxygen atoms in total. The summed E-state index contributed by atoms with van der Waals surface area (Å²) >= 11 is 0. The third-order valence-corrected chi connectivity index (χ3v) is 3.42. The van der Waals surface area contributed by atoms with Crippen LogP contribution in [0.3, 0.4) is 0 Å². The number of carbonyl (C=O) groups is 2. The standard InChI is InChI=1S/C14H27N3O4/c1-5-16-6-8-17(9-7-16)11(12(18)19)10-15-13(20)21-14(2,3)4/h11H,5-10H2,1-4H3,(H,15,20)(H,18,19)/t11-/m0/s1. The number of carboxylic acids is 1. The topological polar surface area (TPSA) is 82.1 Å². The lowest BCUT2D eigenvalue weighted by atomic mass is 10.2. The lowest BCUT2D eigenvalue weighted by molar-refractivity contribution is -0.143. The number of carboxylic acid groups (broad SMARTS) is 1. The molecule has 7 heteroatoms. The zero-order valence-electron chi connectivity index (χ0n) is 13.4. The summed E-state index contributed by atoms with van der Waals surface area (Å²) in [6.07, 6.45) is -0.582. The number of hydrogen-bond acceptors (Lipinski definition) is 5. The first-order valence-corrected chi connectivity index (χ1v) is 7.39. The highest BCUT2D eigenvalue weighted by Crippen LogP contribution is 2.08. The zero-order valence-corrected chi connectivity index (χ0v) is 13.4. The Morgan fingerprint density at radius 1 is 1.24 bits per heavy atom. The highest BCUT2D eigenvalue weighted by molar-refractivity contribution is 5.75. The van der Waals surface area contributed by atoms with Gasteiger partial charge in [-0.05, 0) is 27.3 Å². The third kappa shape index (κ3) is 6.31. The number of rotatable bonds is 5. The minimum absolute atomic E-state index is 0.0520. The fourth-order valence-corrected chi connectivity index (χ4v) is 2.26. The van der Waals surface area contributed by atoms with E-state index >= 15 is 0 Å². The molecule has 1 aliphatic rings. The number of piperazine rings is 1. The molecule has 0 aliphatic carbocycles. The largest absolute Gasteiger partial charge is 0.480 e. The molecule has 0 unspecified atom stereocenters. The number of aliphatic carboxylic acids is 1. The molecule has 1 fully saturated rings. The van der Waals surface area contributed by atoms with Crippen molar-refractivity contribution in [3.05, 3.63) is 0 Å². The van der Waals surface area contributed by atoms with Crippen molar-refractivity contribution in [1.82, 2.24) is 15.1 Å². The van der Waals surface area contributed by atoms with Crippen molar-refractivity contribution < 1.29 is 19.4 Å². The van der Waals surface area contributed by atoms with Crippen LogP contribution in [0.25, 0.3) is 0 Å². The number of likely N-dealkylation sites (N-methyl/N-ethyl adjacent to an activating group) is 1. The molecular weight excluding hydrogens is 274 g/mol. The summed E-state index contributed by atoms with van der Waals surface area (Å²) < 4.78 is 5.12. The van der Waals surface area contributed by atoms with Crippen LogP contribution in [-0.4, -0.2) is 77.9 Å². The SMILES string of the molecule is CCN1CCN([C@@H](CNC(=O)OC(C)(C)C)C(=O)O)CC1. The Morgan fingerprint density at radius 2 is 1.81 bits per heavy atom. The van der Waals surface area contributed by atoms with E-state index in [2.05, 4.69) is 17.1 Å². The molecule has 1 saturated heterocycles. The van der Waals surface area contributed by atoms with Crippen molar-refractivity contribution in [2.75, 3.05) is 39.3 Å². The second-order valence-electron chi connectivity index (χ2n) is 6.21. The van der Waals surface area contributed by atoms with E-state index in [-0.39, 0.29) is 6.54 Å². The van der Waals surface area contributed by atoms with Crippen molar-refractivity contribution in [1.29, 1.82) is 0 Å². The van der Waals surface area contributed by atoms with Gasteiger partial charge in [-0.3, -0.25) is 9.69 Å². The highest BCUT2D eigenvalue weighted by atomic mass is 16.6. The normalized spacial score (nSPS) is 19.0. The van der Waals surface area contributed by atoms with Crippen LogP contribution in [0.1, 0.15) is 27.7 Å². The van der Waals surface area contributed by atoms with Gasteiger partial charge in [0.1, 0.15) is 11.6 Å². The smallest absolute Gasteiger partial charge is 0.407 e. The molecule has 0 radical (unpaired) electrons. The molecule has 21 heavy (non-hydrogen) atoms. The summed E-state index contributed by atoms with van der Waals surface area (Å²) in [5.41, 5.74) is -0.588. The van der Waals surface area contributed by atoms with E-state index in [1.807, 2.05) is 4.90 Å². The molecule has 1 rings (SSSR count). The maximum absolute atomic E-state index is 11.6. The first-order chi connectivity index (χ1) is 9.73. The van der Waals surface area contributed by atoms with Crippen LogP contribution in [0.4, 0.5) is 4.79 Å². The molecule has 1 amide bonds. The Hall–Kier alpha value is -1.34. The average molecular weight is 301 g/mol. The fourth-order valence-electron chi connectivity index (χ4n) is 2.26. The fraction of sp³-hybridized carbons (Fsp3) is 0.857. The van der Waals surface area contributed by atoms with Crippen LogP contribution in [-0.2, 0) is 9.53 Å². The Bertz CT molecular complexity index is 360. The van der Waals surface area contributed by atoms with Gasteiger partial charge >= 0.3 is 12.1 Å². The van der Waals surface area contributed by atoms with Gasteiger partial charge in [-0.2, -0.15) is 0 Å². The van der Waals surface area contributed by atoms with Crippen LogP contribution < -0.4 is 5.32 Å². The molecule has 0 saturated carbocycles. The average Bonchev–Trinajstić information content (AvgIpc) is 2.37. The number of hydrogen-bond donors (Lipinski definition) is 2. The second kappa shape index (κ2) is 7.61. The molecule has 2 N–H and O–H groups in total. The molecule has 0 aromatic heterocycles. The van der Waals surface area contributed by atoms with E-state index in [0.717, 1.165) is 19.6 Å². The van der Waals surface area contributed by atoms with Crippen molar-refractivity contribution in [2.45, 2.75) is 39.3 Å². The van der Waals surface area contributed by atoms with Gasteiger partial charge in [0.2, 0.25) is 0 Å². The van der Waals surface area contributed by atoms with Crippen molar-refractivity contribution in [3.63, 3.8) is 0 Å². The maximum Gasteiger partial charge on any atom is 0.407 e. The Balaban J connectivity index is 2.48. The summed E-state index contributed by atoms with van der Waals surface area (Å²) in [6, 6.07) is -0.712. The molecular formula is C14H27N3O4. The van der Waals surface area contributed by atoms with Crippen LogP contribution in [0, 0.1) is 0 Å². The van der Waals surface area contributed by atoms with Crippen LogP contribution in [0.5, 0.6) is 0 Å². The Kier molecular flexibility index (Phi) is 6.42. The van der Waals surface area contributed by atoms with Crippen LogP contribution >= 0.6 is 0 Å². The quantitative estimate of drug-likeness (QED) is 0.774. The molecule has 0 aromatic rings. The summed E-state index contributed by atoms with van der Waals surface area (Å²) in [5.74, 6) is -0.920. The number of amides is 1. The van der Waals surface area contributed by atoms with E-state index in [1.54, 1.807) is 20.8 Å². The van der Waals surface area contributed by atoms with Crippen LogP contribution in [0.15, 0.2) is 0 Å². The predicted molar refractivity (Wildman–Crippen MR) is 79.3 cm³/mol. The number of alkyl carbamates (subject to hydrolysis) is 1. The predicted octanol–water partition coefficient (Wildman–Crippen LogP) is 0.602. The Morgan fingerprint density at radius 3 is 2.24 bits per heavy atom. The van der Waals surface area contributed by atoms with Gasteiger partial charge in [0.25, 0.3) is 0 Å². The van der Waals surface area contributed by atoms with Crippen molar-refractivity contribution >= 4 is 12.1 Å². The number of carbonyl (C=O) groups excluding carboxylic acids is 1. The van der Waals surface area contributed by atoms with E-state index in [0.29, 0.717) is 13.1 Å². The summed E-state index contributed by atoms with van der Waals surface area (Å²) in [5, 5.41) is 11.9. The van der Waals surface area contributed by atoms with Gasteiger partial charge in [0.15, 0.2) is 0 Å². The van der Waals surface area contributed by atoms with Gasteiger partial charge < -0.3 is 20.1 Å². The van der Waals surface area contributed by atoms with E-state index < -0.39 is 23.7 Å². The molecule has 0 spiro atoms. The van der Waals surface area contributed by atoms with Crippen molar-refractivity contribution in [2.24, 2.45) is 0 Å². The molecule has 1 atom stereocenters. The van der Waals surface area contributed by atoms with Gasteiger partial charge in [-0.25, -0.2) is 4.79 Å². The van der Waals surface area contributed by atoms with Crippen molar-refractivity contribution in [3.8, 4) is 0 Å². The minimum Gasteiger partial charge on any atom is -0.480 e. The molecule has 122 valence electrons. The van der Waals surface area contributed by atoms with E-state index in [9.17, 15) is 14.7 Å². The Labute approximate surface area is 126 Å². The maximum atomic E-state index is 11.6. The summed E-state index contributed by atoms with van der Waals surface area (Å²) in [4.78, 5) is 27.2. The van der Waals surface area contributed by atoms with Gasteiger partial charge in [-0.1, -0.05) is 6.92 Å². The van der Waals surface area contributed by atoms with Gasteiger partial charge in [-0.15, -0.1) is 0 Å². The number of nitrogens with zero attached hydrogens (tertiary/aromatic N) is 2. The summed E-state index contributed by atoms with van der Waals surface area (Å²) in [6.45, 7) is 11.5. The zero-order chi connectivity index (χ0) is 16.0. The first kappa shape index (κ1) is 17.7.